The van der Waals surface area contributed by atoms with Gasteiger partial charge in [-0.25, -0.2) is 14.6 Å². The molecular weight excluding hydrogens is 376 g/mol. The van der Waals surface area contributed by atoms with Gasteiger partial charge >= 0.3 is 0 Å². The van der Waals surface area contributed by atoms with Gasteiger partial charge in [0.2, 0.25) is 5.91 Å². The number of amides is 1. The molecule has 7 heteroatoms. The molecular formula is C23H22N6O. The topological polar surface area (TPSA) is 75.9 Å². The number of nitrogens with zero attached hydrogens (tertiary/aromatic N) is 5. The van der Waals surface area contributed by atoms with Crippen molar-refractivity contribution in [2.75, 3.05) is 5.32 Å². The van der Waals surface area contributed by atoms with E-state index in [0.717, 1.165) is 40.8 Å². The molecule has 1 saturated carbocycles. The lowest BCUT2D eigenvalue weighted by Crippen LogP contribution is -2.30. The summed E-state index contributed by atoms with van der Waals surface area (Å²) in [4.78, 5) is 22.6. The van der Waals surface area contributed by atoms with Crippen molar-refractivity contribution in [3.8, 4) is 5.69 Å². The lowest BCUT2D eigenvalue weighted by Gasteiger charge is -2.20. The van der Waals surface area contributed by atoms with Crippen LogP contribution in [0, 0.1) is 0 Å². The third-order valence-corrected chi connectivity index (χ3v) is 5.33. The molecule has 1 aliphatic carbocycles. The highest BCUT2D eigenvalue weighted by molar-refractivity contribution is 5.89. The highest BCUT2D eigenvalue weighted by Crippen LogP contribution is 2.29. The van der Waals surface area contributed by atoms with Crippen molar-refractivity contribution in [3.63, 3.8) is 0 Å². The van der Waals surface area contributed by atoms with E-state index in [9.17, 15) is 4.79 Å². The van der Waals surface area contributed by atoms with Crippen LogP contribution in [0.15, 0.2) is 67.1 Å². The number of carbonyl (C=O) groups is 1. The van der Waals surface area contributed by atoms with Gasteiger partial charge in [0.25, 0.3) is 0 Å². The molecule has 1 amide bonds. The van der Waals surface area contributed by atoms with Gasteiger partial charge in [0.1, 0.15) is 12.1 Å². The summed E-state index contributed by atoms with van der Waals surface area (Å²) < 4.78 is 1.81. The molecule has 0 saturated heterocycles. The van der Waals surface area contributed by atoms with Crippen LogP contribution in [-0.2, 0) is 11.3 Å². The zero-order valence-corrected chi connectivity index (χ0v) is 16.7. The summed E-state index contributed by atoms with van der Waals surface area (Å²) in [7, 11) is 0. The van der Waals surface area contributed by atoms with Crippen molar-refractivity contribution in [3.05, 3.63) is 72.7 Å². The normalized spacial score (nSPS) is 13.4. The number of carbonyl (C=O) groups excluding carboxylic acids is 1. The predicted octanol–water partition coefficient (Wildman–Crippen LogP) is 4.07. The number of nitrogens with one attached hydrogen (secondary N) is 1. The van der Waals surface area contributed by atoms with E-state index in [0.29, 0.717) is 18.4 Å². The minimum absolute atomic E-state index is 0.138. The molecule has 2 aromatic carbocycles. The number of rotatable bonds is 6. The first-order chi connectivity index (χ1) is 14.7. The maximum absolute atomic E-state index is 11.9. The van der Waals surface area contributed by atoms with Gasteiger partial charge in [0, 0.05) is 25.2 Å². The summed E-state index contributed by atoms with van der Waals surface area (Å²) in [5.41, 5.74) is 3.74. The van der Waals surface area contributed by atoms with E-state index in [2.05, 4.69) is 20.4 Å². The van der Waals surface area contributed by atoms with Crippen LogP contribution in [0.3, 0.4) is 0 Å². The molecule has 0 radical (unpaired) electrons. The molecule has 2 aromatic heterocycles. The largest absolute Gasteiger partial charge is 0.340 e. The van der Waals surface area contributed by atoms with Crippen LogP contribution < -0.4 is 5.32 Å². The molecule has 2 heterocycles. The number of hydrogen-bond donors (Lipinski definition) is 1. The predicted molar refractivity (Wildman–Crippen MR) is 116 cm³/mol. The number of para-hydroxylation sites is 1. The molecule has 7 nitrogen and oxygen atoms in total. The van der Waals surface area contributed by atoms with Crippen molar-refractivity contribution < 1.29 is 4.79 Å². The fourth-order valence-corrected chi connectivity index (χ4v) is 3.61. The molecule has 1 aliphatic rings. The smallest absolute Gasteiger partial charge is 0.219 e. The standard InChI is InChI=1S/C23H22N6O/c1-16(30)28(19-11-12-19)14-17-7-9-18(10-8-17)27-22-21-13-26-29(23(21)25-15-24-22)20-5-3-2-4-6-20/h2-10,13,15,19H,11-12,14H2,1H3,(H,24,25,27). The van der Waals surface area contributed by atoms with E-state index in [1.54, 1.807) is 24.1 Å². The molecule has 0 bridgehead atoms. The molecule has 0 atom stereocenters. The van der Waals surface area contributed by atoms with Gasteiger partial charge in [0.15, 0.2) is 5.65 Å². The van der Waals surface area contributed by atoms with Gasteiger partial charge in [-0.2, -0.15) is 5.10 Å². The van der Waals surface area contributed by atoms with E-state index in [1.807, 2.05) is 59.5 Å². The van der Waals surface area contributed by atoms with Crippen LogP contribution in [0.5, 0.6) is 0 Å². The van der Waals surface area contributed by atoms with E-state index in [4.69, 9.17) is 0 Å². The van der Waals surface area contributed by atoms with Gasteiger partial charge in [0.05, 0.1) is 17.3 Å². The Morgan fingerprint density at radius 3 is 2.57 bits per heavy atom. The molecule has 150 valence electrons. The number of fused-ring (bicyclic) bond motifs is 1. The molecule has 0 spiro atoms. The van der Waals surface area contributed by atoms with Crippen LogP contribution in [0.1, 0.15) is 25.3 Å². The molecule has 4 aromatic rings. The highest BCUT2D eigenvalue weighted by atomic mass is 16.2. The minimum Gasteiger partial charge on any atom is -0.340 e. The molecule has 1 fully saturated rings. The van der Waals surface area contributed by atoms with Crippen molar-refractivity contribution in [2.45, 2.75) is 32.4 Å². The Kier molecular flexibility index (Phi) is 4.63. The number of benzene rings is 2. The first-order valence-corrected chi connectivity index (χ1v) is 10.1. The fourth-order valence-electron chi connectivity index (χ4n) is 3.61. The summed E-state index contributed by atoms with van der Waals surface area (Å²) in [5, 5.41) is 8.70. The quantitative estimate of drug-likeness (QED) is 0.530. The van der Waals surface area contributed by atoms with E-state index >= 15 is 0 Å². The lowest BCUT2D eigenvalue weighted by atomic mass is 10.2. The zero-order chi connectivity index (χ0) is 20.5. The second kappa shape index (κ2) is 7.59. The average Bonchev–Trinajstić information content (AvgIpc) is 3.51. The Morgan fingerprint density at radius 1 is 1.10 bits per heavy atom. The van der Waals surface area contributed by atoms with Gasteiger partial charge in [-0.1, -0.05) is 30.3 Å². The Morgan fingerprint density at radius 2 is 1.87 bits per heavy atom. The molecule has 1 N–H and O–H groups in total. The van der Waals surface area contributed by atoms with E-state index < -0.39 is 0 Å². The lowest BCUT2D eigenvalue weighted by molar-refractivity contribution is -0.130. The zero-order valence-electron chi connectivity index (χ0n) is 16.7. The number of hydrogen-bond acceptors (Lipinski definition) is 5. The second-order valence-corrected chi connectivity index (χ2v) is 7.55. The van der Waals surface area contributed by atoms with Gasteiger partial charge in [-0.15, -0.1) is 0 Å². The first-order valence-electron chi connectivity index (χ1n) is 10.1. The van der Waals surface area contributed by atoms with Crippen molar-refractivity contribution in [2.24, 2.45) is 0 Å². The molecule has 0 unspecified atom stereocenters. The highest BCUT2D eigenvalue weighted by Gasteiger charge is 2.30. The summed E-state index contributed by atoms with van der Waals surface area (Å²) in [6.45, 7) is 2.30. The summed E-state index contributed by atoms with van der Waals surface area (Å²) in [6, 6.07) is 18.4. The van der Waals surface area contributed by atoms with E-state index in [-0.39, 0.29) is 5.91 Å². The summed E-state index contributed by atoms with van der Waals surface area (Å²) in [6.07, 6.45) is 5.54. The second-order valence-electron chi connectivity index (χ2n) is 7.55. The summed E-state index contributed by atoms with van der Waals surface area (Å²) >= 11 is 0. The van der Waals surface area contributed by atoms with Crippen LogP contribution in [0.25, 0.3) is 16.7 Å². The van der Waals surface area contributed by atoms with Crippen LogP contribution in [-0.4, -0.2) is 36.6 Å². The SMILES string of the molecule is CC(=O)N(Cc1ccc(Nc2ncnc3c2cnn3-c2ccccc2)cc1)C1CC1. The number of aromatic nitrogens is 4. The monoisotopic (exact) mass is 398 g/mol. The Hall–Kier alpha value is -3.74. The Labute approximate surface area is 174 Å². The van der Waals surface area contributed by atoms with Crippen LogP contribution in [0.4, 0.5) is 11.5 Å². The average molecular weight is 398 g/mol. The molecule has 5 rings (SSSR count). The van der Waals surface area contributed by atoms with Crippen LogP contribution in [0.2, 0.25) is 0 Å². The molecule has 0 aliphatic heterocycles. The first kappa shape index (κ1) is 18.3. The minimum atomic E-state index is 0.138. The summed E-state index contributed by atoms with van der Waals surface area (Å²) in [5.74, 6) is 0.844. The molecule has 30 heavy (non-hydrogen) atoms. The third kappa shape index (κ3) is 3.61. The Bertz CT molecular complexity index is 1180. The fraction of sp³-hybridized carbons (Fsp3) is 0.217. The van der Waals surface area contributed by atoms with Gasteiger partial charge < -0.3 is 10.2 Å². The van der Waals surface area contributed by atoms with Crippen molar-refractivity contribution in [1.29, 1.82) is 0 Å². The van der Waals surface area contributed by atoms with Crippen LogP contribution >= 0.6 is 0 Å². The van der Waals surface area contributed by atoms with E-state index in [1.165, 1.54) is 0 Å². The number of anilines is 2. The van der Waals surface area contributed by atoms with Crippen molar-refractivity contribution in [1.82, 2.24) is 24.6 Å². The maximum Gasteiger partial charge on any atom is 0.219 e. The Balaban J connectivity index is 1.37. The van der Waals surface area contributed by atoms with Gasteiger partial charge in [-0.3, -0.25) is 4.79 Å². The maximum atomic E-state index is 11.9. The van der Waals surface area contributed by atoms with Crippen molar-refractivity contribution >= 4 is 28.4 Å². The van der Waals surface area contributed by atoms with Gasteiger partial charge in [-0.05, 0) is 42.7 Å². The third-order valence-electron chi connectivity index (χ3n) is 5.33.